The van der Waals surface area contributed by atoms with E-state index in [-0.39, 0.29) is 5.91 Å². The van der Waals surface area contributed by atoms with Gasteiger partial charge in [-0.05, 0) is 18.2 Å². The zero-order chi connectivity index (χ0) is 18.1. The number of hydrogen-bond donors (Lipinski definition) is 0. The minimum atomic E-state index is -0.158. The van der Waals surface area contributed by atoms with Crippen LogP contribution >= 0.6 is 22.9 Å². The molecule has 1 amide bonds. The Labute approximate surface area is 159 Å². The molecule has 0 atom stereocenters. The van der Waals surface area contributed by atoms with Crippen LogP contribution in [0.3, 0.4) is 0 Å². The number of aromatic nitrogens is 2. The minimum absolute atomic E-state index is 0.158. The summed E-state index contributed by atoms with van der Waals surface area (Å²) in [5.74, 6) is -0.158. The standard InChI is InChI=1S/C19H13ClN4OS/c1-2-11-24-15-6-4-3-5-14(15)16(18(24)25)21-19-23-22-17(26-19)12-7-9-13(20)10-8-12/h2-10H,1,11H2/b21-16-. The SMILES string of the molecule is C=CCN1C(=O)/C(=N\c2nnc(-c3ccc(Cl)cc3)s2)c2ccccc21. The minimum Gasteiger partial charge on any atom is -0.303 e. The molecule has 0 spiro atoms. The van der Waals surface area contributed by atoms with Gasteiger partial charge in [-0.1, -0.05) is 59.3 Å². The highest BCUT2D eigenvalue weighted by molar-refractivity contribution is 7.18. The Hall–Kier alpha value is -2.83. The summed E-state index contributed by atoms with van der Waals surface area (Å²) in [6.45, 7) is 4.15. The van der Waals surface area contributed by atoms with Gasteiger partial charge in [0, 0.05) is 22.7 Å². The summed E-state index contributed by atoms with van der Waals surface area (Å²) in [5.41, 5.74) is 2.91. The molecule has 26 heavy (non-hydrogen) atoms. The van der Waals surface area contributed by atoms with Gasteiger partial charge in [-0.2, -0.15) is 0 Å². The maximum atomic E-state index is 12.8. The molecular weight excluding hydrogens is 368 g/mol. The molecule has 1 aromatic heterocycles. The van der Waals surface area contributed by atoms with Crippen LogP contribution in [-0.4, -0.2) is 28.4 Å². The lowest BCUT2D eigenvalue weighted by Gasteiger charge is -2.13. The number of benzene rings is 2. The van der Waals surface area contributed by atoms with Crippen LogP contribution in [0.25, 0.3) is 10.6 Å². The predicted octanol–water partition coefficient (Wildman–Crippen LogP) is 4.51. The van der Waals surface area contributed by atoms with E-state index in [2.05, 4.69) is 21.8 Å². The largest absolute Gasteiger partial charge is 0.303 e. The van der Waals surface area contributed by atoms with Crippen molar-refractivity contribution in [1.82, 2.24) is 10.2 Å². The van der Waals surface area contributed by atoms with Crippen molar-refractivity contribution in [3.8, 4) is 10.6 Å². The monoisotopic (exact) mass is 380 g/mol. The Morgan fingerprint density at radius 2 is 1.92 bits per heavy atom. The molecule has 1 aliphatic rings. The zero-order valence-corrected chi connectivity index (χ0v) is 15.2. The topological polar surface area (TPSA) is 58.5 Å². The number of rotatable bonds is 4. The molecule has 1 aliphatic heterocycles. The Kier molecular flexibility index (Phi) is 4.36. The van der Waals surface area contributed by atoms with Gasteiger partial charge in [0.05, 0.1) is 5.69 Å². The first-order valence-electron chi connectivity index (χ1n) is 7.87. The van der Waals surface area contributed by atoms with E-state index in [0.717, 1.165) is 21.8 Å². The molecule has 7 heteroatoms. The van der Waals surface area contributed by atoms with Crippen molar-refractivity contribution >= 4 is 45.4 Å². The fourth-order valence-electron chi connectivity index (χ4n) is 2.75. The molecule has 0 fully saturated rings. The smallest absolute Gasteiger partial charge is 0.278 e. The van der Waals surface area contributed by atoms with Crippen molar-refractivity contribution in [3.63, 3.8) is 0 Å². The van der Waals surface area contributed by atoms with E-state index in [1.165, 1.54) is 11.3 Å². The number of amides is 1. The zero-order valence-electron chi connectivity index (χ0n) is 13.6. The van der Waals surface area contributed by atoms with Crippen LogP contribution in [-0.2, 0) is 4.79 Å². The van der Waals surface area contributed by atoms with E-state index < -0.39 is 0 Å². The fourth-order valence-corrected chi connectivity index (χ4v) is 3.60. The number of carbonyl (C=O) groups is 1. The molecule has 0 aliphatic carbocycles. The highest BCUT2D eigenvalue weighted by atomic mass is 35.5. The summed E-state index contributed by atoms with van der Waals surface area (Å²) in [6, 6.07) is 14.9. The van der Waals surface area contributed by atoms with Crippen LogP contribution < -0.4 is 4.90 Å². The summed E-state index contributed by atoms with van der Waals surface area (Å²) in [4.78, 5) is 18.9. The van der Waals surface area contributed by atoms with E-state index in [1.54, 1.807) is 23.1 Å². The summed E-state index contributed by atoms with van der Waals surface area (Å²) in [7, 11) is 0. The first kappa shape index (κ1) is 16.6. The lowest BCUT2D eigenvalue weighted by molar-refractivity contribution is -0.112. The van der Waals surface area contributed by atoms with Gasteiger partial charge >= 0.3 is 0 Å². The summed E-state index contributed by atoms with van der Waals surface area (Å²) < 4.78 is 0. The fraction of sp³-hybridized carbons (Fsp3) is 0.0526. The van der Waals surface area contributed by atoms with Crippen molar-refractivity contribution in [2.24, 2.45) is 4.99 Å². The van der Waals surface area contributed by atoms with Gasteiger partial charge < -0.3 is 4.90 Å². The van der Waals surface area contributed by atoms with Gasteiger partial charge in [-0.25, -0.2) is 4.99 Å². The Morgan fingerprint density at radius 1 is 1.15 bits per heavy atom. The molecule has 0 saturated carbocycles. The molecular formula is C19H13ClN4OS. The number of anilines is 1. The Morgan fingerprint density at radius 3 is 2.69 bits per heavy atom. The third-order valence-corrected chi connectivity index (χ3v) is 5.04. The molecule has 5 nitrogen and oxygen atoms in total. The lowest BCUT2D eigenvalue weighted by Crippen LogP contribution is -2.30. The quantitative estimate of drug-likeness (QED) is 0.625. The van der Waals surface area contributed by atoms with E-state index in [9.17, 15) is 4.79 Å². The second-order valence-corrected chi connectivity index (χ2v) is 6.97. The summed E-state index contributed by atoms with van der Waals surface area (Å²) in [5, 5.41) is 10.1. The van der Waals surface area contributed by atoms with Crippen molar-refractivity contribution < 1.29 is 4.79 Å². The number of fused-ring (bicyclic) bond motifs is 1. The molecule has 0 N–H and O–H groups in total. The summed E-state index contributed by atoms with van der Waals surface area (Å²) >= 11 is 7.24. The second-order valence-electron chi connectivity index (χ2n) is 5.58. The van der Waals surface area contributed by atoms with Gasteiger partial charge in [0.2, 0.25) is 5.13 Å². The second kappa shape index (κ2) is 6.82. The van der Waals surface area contributed by atoms with Crippen LogP contribution in [0, 0.1) is 0 Å². The Balaban J connectivity index is 1.71. The molecule has 3 aromatic rings. The van der Waals surface area contributed by atoms with Crippen molar-refractivity contribution in [3.05, 3.63) is 71.8 Å². The molecule has 0 radical (unpaired) electrons. The van der Waals surface area contributed by atoms with E-state index in [0.29, 0.717) is 22.4 Å². The van der Waals surface area contributed by atoms with Gasteiger partial charge in [-0.15, -0.1) is 16.8 Å². The van der Waals surface area contributed by atoms with Crippen molar-refractivity contribution in [2.75, 3.05) is 11.4 Å². The van der Waals surface area contributed by atoms with Crippen molar-refractivity contribution in [2.45, 2.75) is 0 Å². The number of nitrogens with zero attached hydrogens (tertiary/aromatic N) is 4. The van der Waals surface area contributed by atoms with E-state index in [1.807, 2.05) is 36.4 Å². The summed E-state index contributed by atoms with van der Waals surface area (Å²) in [6.07, 6.45) is 1.70. The van der Waals surface area contributed by atoms with Gasteiger partial charge in [0.15, 0.2) is 0 Å². The molecule has 128 valence electrons. The molecule has 0 unspecified atom stereocenters. The number of hydrogen-bond acceptors (Lipinski definition) is 5. The molecule has 0 bridgehead atoms. The molecule has 4 rings (SSSR count). The van der Waals surface area contributed by atoms with Crippen LogP contribution in [0.4, 0.5) is 10.8 Å². The maximum absolute atomic E-state index is 12.8. The highest BCUT2D eigenvalue weighted by Gasteiger charge is 2.33. The highest BCUT2D eigenvalue weighted by Crippen LogP contribution is 2.33. The van der Waals surface area contributed by atoms with Crippen molar-refractivity contribution in [1.29, 1.82) is 0 Å². The number of aliphatic imine (C=N–C) groups is 1. The predicted molar refractivity (Wildman–Crippen MR) is 106 cm³/mol. The average Bonchev–Trinajstić information content (AvgIpc) is 3.22. The van der Waals surface area contributed by atoms with Gasteiger partial charge in [-0.3, -0.25) is 4.79 Å². The van der Waals surface area contributed by atoms with Crippen LogP contribution in [0.5, 0.6) is 0 Å². The first-order chi connectivity index (χ1) is 12.7. The van der Waals surface area contributed by atoms with E-state index in [4.69, 9.17) is 11.6 Å². The third-order valence-electron chi connectivity index (χ3n) is 3.92. The third kappa shape index (κ3) is 2.94. The van der Waals surface area contributed by atoms with Gasteiger partial charge in [0.1, 0.15) is 10.7 Å². The molecule has 2 heterocycles. The van der Waals surface area contributed by atoms with Crippen LogP contribution in [0.1, 0.15) is 5.56 Å². The first-order valence-corrected chi connectivity index (χ1v) is 9.07. The van der Waals surface area contributed by atoms with Crippen LogP contribution in [0.15, 0.2) is 66.2 Å². The number of halogens is 1. The normalized spacial score (nSPS) is 14.7. The molecule has 2 aromatic carbocycles. The number of carbonyl (C=O) groups excluding carboxylic acids is 1. The van der Waals surface area contributed by atoms with Crippen LogP contribution in [0.2, 0.25) is 5.02 Å². The maximum Gasteiger partial charge on any atom is 0.278 e. The average molecular weight is 381 g/mol. The van der Waals surface area contributed by atoms with Gasteiger partial charge in [0.25, 0.3) is 5.91 Å². The Bertz CT molecular complexity index is 1030. The molecule has 0 saturated heterocycles. The number of para-hydroxylation sites is 1. The lowest BCUT2D eigenvalue weighted by atomic mass is 10.1. The van der Waals surface area contributed by atoms with E-state index >= 15 is 0 Å².